The van der Waals surface area contributed by atoms with Crippen molar-refractivity contribution in [1.29, 1.82) is 0 Å². The Balaban J connectivity index is 1.68. The molecule has 1 saturated heterocycles. The monoisotopic (exact) mass is 321 g/mol. The Labute approximate surface area is 131 Å². The Morgan fingerprint density at radius 3 is 3.10 bits per heavy atom. The first-order chi connectivity index (χ1) is 10.2. The van der Waals surface area contributed by atoms with Gasteiger partial charge in [-0.3, -0.25) is 10.1 Å². The summed E-state index contributed by atoms with van der Waals surface area (Å²) in [5.74, 6) is 2.41. The van der Waals surface area contributed by atoms with Gasteiger partial charge in [0.1, 0.15) is 6.10 Å². The number of ether oxygens (including phenoxy) is 1. The van der Waals surface area contributed by atoms with E-state index >= 15 is 0 Å². The largest absolute Gasteiger partial charge is 0.473 e. The topological polar surface area (TPSA) is 64.1 Å². The number of thiazole rings is 1. The number of hydrogen-bond donors (Lipinski definition) is 1. The summed E-state index contributed by atoms with van der Waals surface area (Å²) in [6, 6.07) is 3.35. The molecule has 21 heavy (non-hydrogen) atoms. The van der Waals surface area contributed by atoms with E-state index in [4.69, 9.17) is 4.74 Å². The van der Waals surface area contributed by atoms with Gasteiger partial charge in [-0.15, -0.1) is 11.3 Å². The molecule has 0 aliphatic carbocycles. The molecule has 2 aromatic heterocycles. The highest BCUT2D eigenvalue weighted by molar-refractivity contribution is 7.99. The minimum atomic E-state index is -0.197. The van der Waals surface area contributed by atoms with Gasteiger partial charge in [0.2, 0.25) is 5.88 Å². The molecule has 1 amide bonds. The lowest BCUT2D eigenvalue weighted by Crippen LogP contribution is -2.17. The van der Waals surface area contributed by atoms with Gasteiger partial charge in [-0.2, -0.15) is 11.8 Å². The number of nitrogens with one attached hydrogen (secondary N) is 1. The van der Waals surface area contributed by atoms with Gasteiger partial charge in [0.05, 0.1) is 0 Å². The summed E-state index contributed by atoms with van der Waals surface area (Å²) in [6.45, 7) is 1.95. The van der Waals surface area contributed by atoms with E-state index in [2.05, 4.69) is 15.3 Å². The zero-order valence-corrected chi connectivity index (χ0v) is 13.2. The number of carbonyl (C=O) groups excluding carboxylic acids is 1. The van der Waals surface area contributed by atoms with Gasteiger partial charge in [-0.25, -0.2) is 9.97 Å². The summed E-state index contributed by atoms with van der Waals surface area (Å²) in [7, 11) is 0. The maximum atomic E-state index is 12.2. The lowest BCUT2D eigenvalue weighted by atomic mass is 10.2. The van der Waals surface area contributed by atoms with Gasteiger partial charge in [0, 0.05) is 34.7 Å². The Hall–Kier alpha value is -1.60. The summed E-state index contributed by atoms with van der Waals surface area (Å²) < 4.78 is 5.80. The number of aromatic nitrogens is 2. The fourth-order valence-electron chi connectivity index (χ4n) is 1.97. The quantitative estimate of drug-likeness (QED) is 0.938. The summed E-state index contributed by atoms with van der Waals surface area (Å²) in [6.07, 6.45) is 4.56. The number of hydrogen-bond acceptors (Lipinski definition) is 6. The molecule has 3 heterocycles. The van der Waals surface area contributed by atoms with Gasteiger partial charge < -0.3 is 4.74 Å². The number of pyridine rings is 1. The van der Waals surface area contributed by atoms with E-state index in [0.717, 1.165) is 22.8 Å². The molecular weight excluding hydrogens is 306 g/mol. The SMILES string of the molecule is Cc1cnc(NC(=O)c2ccnc(O[C@H]3CCSC3)c2)s1. The van der Waals surface area contributed by atoms with Crippen LogP contribution < -0.4 is 10.1 Å². The summed E-state index contributed by atoms with van der Waals surface area (Å²) >= 11 is 3.33. The van der Waals surface area contributed by atoms with E-state index in [1.165, 1.54) is 11.3 Å². The molecule has 1 fully saturated rings. The normalized spacial score (nSPS) is 17.7. The molecule has 0 saturated carbocycles. The predicted octanol–water partition coefficient (Wildman–Crippen LogP) is 2.98. The van der Waals surface area contributed by atoms with E-state index in [9.17, 15) is 4.79 Å². The standard InChI is InChI=1S/C14H15N3O2S2/c1-9-7-16-14(21-9)17-13(18)10-2-4-15-12(6-10)19-11-3-5-20-8-11/h2,4,6-7,11H,3,5,8H2,1H3,(H,16,17,18)/t11-/m0/s1. The van der Waals surface area contributed by atoms with Crippen LogP contribution in [0.2, 0.25) is 0 Å². The number of nitrogens with zero attached hydrogens (tertiary/aromatic N) is 2. The van der Waals surface area contributed by atoms with Crippen LogP contribution in [0.1, 0.15) is 21.7 Å². The highest BCUT2D eigenvalue weighted by atomic mass is 32.2. The van der Waals surface area contributed by atoms with E-state index in [1.807, 2.05) is 18.7 Å². The van der Waals surface area contributed by atoms with E-state index < -0.39 is 0 Å². The second-order valence-electron chi connectivity index (χ2n) is 4.72. The molecule has 0 aromatic carbocycles. The number of carbonyl (C=O) groups is 1. The van der Waals surface area contributed by atoms with Gasteiger partial charge in [-0.1, -0.05) is 0 Å². The first-order valence-corrected chi connectivity index (χ1v) is 8.62. The zero-order chi connectivity index (χ0) is 14.7. The van der Waals surface area contributed by atoms with Crippen molar-refractivity contribution >= 4 is 34.1 Å². The second kappa shape index (κ2) is 6.44. The Morgan fingerprint density at radius 2 is 2.38 bits per heavy atom. The fraction of sp³-hybridized carbons (Fsp3) is 0.357. The van der Waals surface area contributed by atoms with Crippen molar-refractivity contribution in [3.8, 4) is 5.88 Å². The third-order valence-electron chi connectivity index (χ3n) is 3.01. The fourth-order valence-corrected chi connectivity index (χ4v) is 3.73. The minimum Gasteiger partial charge on any atom is -0.473 e. The molecular formula is C14H15N3O2S2. The Morgan fingerprint density at radius 1 is 1.48 bits per heavy atom. The van der Waals surface area contributed by atoms with Crippen LogP contribution in [0.15, 0.2) is 24.5 Å². The van der Waals surface area contributed by atoms with Crippen molar-refractivity contribution in [3.63, 3.8) is 0 Å². The average Bonchev–Trinajstić information content (AvgIpc) is 3.11. The maximum Gasteiger partial charge on any atom is 0.257 e. The third-order valence-corrected chi connectivity index (χ3v) is 4.97. The lowest BCUT2D eigenvalue weighted by molar-refractivity contribution is 0.102. The lowest BCUT2D eigenvalue weighted by Gasteiger charge is -2.11. The molecule has 110 valence electrons. The number of rotatable bonds is 4. The number of amides is 1. The Bertz CT molecular complexity index is 639. The second-order valence-corrected chi connectivity index (χ2v) is 7.10. The third kappa shape index (κ3) is 3.74. The molecule has 1 N–H and O–H groups in total. The van der Waals surface area contributed by atoms with Crippen molar-refractivity contribution in [2.24, 2.45) is 0 Å². The summed E-state index contributed by atoms with van der Waals surface area (Å²) in [4.78, 5) is 21.5. The van der Waals surface area contributed by atoms with Gasteiger partial charge >= 0.3 is 0 Å². The molecule has 0 unspecified atom stereocenters. The molecule has 0 radical (unpaired) electrons. The van der Waals surface area contributed by atoms with Crippen molar-refractivity contribution in [2.75, 3.05) is 16.8 Å². The first kappa shape index (κ1) is 14.3. The minimum absolute atomic E-state index is 0.197. The molecule has 5 nitrogen and oxygen atoms in total. The maximum absolute atomic E-state index is 12.2. The number of anilines is 1. The molecule has 0 bridgehead atoms. The van der Waals surface area contributed by atoms with Crippen LogP contribution in [0.4, 0.5) is 5.13 Å². The highest BCUT2D eigenvalue weighted by Crippen LogP contribution is 2.23. The molecule has 0 spiro atoms. The molecule has 1 aliphatic rings. The van der Waals surface area contributed by atoms with Gasteiger partial charge in [-0.05, 0) is 25.2 Å². The van der Waals surface area contributed by atoms with Crippen molar-refractivity contribution < 1.29 is 9.53 Å². The Kier molecular flexibility index (Phi) is 4.40. The smallest absolute Gasteiger partial charge is 0.257 e. The van der Waals surface area contributed by atoms with Crippen molar-refractivity contribution in [2.45, 2.75) is 19.4 Å². The first-order valence-electron chi connectivity index (χ1n) is 6.65. The highest BCUT2D eigenvalue weighted by Gasteiger charge is 2.18. The number of thioether (sulfide) groups is 1. The zero-order valence-electron chi connectivity index (χ0n) is 11.5. The van der Waals surface area contributed by atoms with Crippen LogP contribution in [0.3, 0.4) is 0 Å². The summed E-state index contributed by atoms with van der Waals surface area (Å²) in [5.41, 5.74) is 0.526. The van der Waals surface area contributed by atoms with Crippen molar-refractivity contribution in [1.82, 2.24) is 9.97 Å². The molecule has 7 heteroatoms. The van der Waals surface area contributed by atoms with Crippen LogP contribution in [-0.4, -0.2) is 33.5 Å². The molecule has 1 atom stereocenters. The van der Waals surface area contributed by atoms with E-state index in [-0.39, 0.29) is 12.0 Å². The van der Waals surface area contributed by atoms with E-state index in [1.54, 1.807) is 24.5 Å². The molecule has 3 rings (SSSR count). The van der Waals surface area contributed by atoms with Crippen molar-refractivity contribution in [3.05, 3.63) is 35.0 Å². The van der Waals surface area contributed by atoms with Crippen LogP contribution in [0.25, 0.3) is 0 Å². The van der Waals surface area contributed by atoms with Crippen LogP contribution in [0, 0.1) is 6.92 Å². The van der Waals surface area contributed by atoms with Gasteiger partial charge in [0.25, 0.3) is 5.91 Å². The number of aryl methyl sites for hydroxylation is 1. The molecule has 2 aromatic rings. The summed E-state index contributed by atoms with van der Waals surface area (Å²) in [5, 5.41) is 3.38. The van der Waals surface area contributed by atoms with Crippen LogP contribution in [-0.2, 0) is 0 Å². The average molecular weight is 321 g/mol. The molecule has 1 aliphatic heterocycles. The van der Waals surface area contributed by atoms with Gasteiger partial charge in [0.15, 0.2) is 5.13 Å². The van der Waals surface area contributed by atoms with E-state index in [0.29, 0.717) is 16.6 Å². The van der Waals surface area contributed by atoms with Crippen LogP contribution >= 0.6 is 23.1 Å². The van der Waals surface area contributed by atoms with Crippen LogP contribution in [0.5, 0.6) is 5.88 Å². The predicted molar refractivity (Wildman–Crippen MR) is 85.4 cm³/mol.